The summed E-state index contributed by atoms with van der Waals surface area (Å²) in [7, 11) is 1.73. The molecule has 1 aromatic carbocycles. The van der Waals surface area contributed by atoms with Crippen LogP contribution in [0.3, 0.4) is 0 Å². The van der Waals surface area contributed by atoms with Crippen molar-refractivity contribution in [2.75, 3.05) is 12.4 Å². The van der Waals surface area contributed by atoms with Gasteiger partial charge in [0.2, 0.25) is 0 Å². The van der Waals surface area contributed by atoms with Crippen molar-refractivity contribution in [2.24, 2.45) is 5.92 Å². The highest BCUT2D eigenvalue weighted by Gasteiger charge is 2.20. The van der Waals surface area contributed by atoms with E-state index in [0.29, 0.717) is 6.04 Å². The number of nitrogens with one attached hydrogen (secondary N) is 1. The normalized spacial score (nSPS) is 17.4. The van der Waals surface area contributed by atoms with E-state index >= 15 is 0 Å². The van der Waals surface area contributed by atoms with Crippen LogP contribution in [0.4, 0.5) is 5.69 Å². The van der Waals surface area contributed by atoms with Gasteiger partial charge in [-0.05, 0) is 43.9 Å². The molecule has 1 fully saturated rings. The number of methoxy groups -OCH3 is 1. The summed E-state index contributed by atoms with van der Waals surface area (Å²) in [6.07, 6.45) is 5.52. The van der Waals surface area contributed by atoms with Gasteiger partial charge in [0.05, 0.1) is 12.8 Å². The molecule has 1 aliphatic carbocycles. The van der Waals surface area contributed by atoms with Crippen LogP contribution in [-0.2, 0) is 0 Å². The molecular formula is C15H23NO. The van der Waals surface area contributed by atoms with Crippen LogP contribution in [-0.4, -0.2) is 13.2 Å². The van der Waals surface area contributed by atoms with Crippen LogP contribution in [0.1, 0.15) is 38.2 Å². The zero-order valence-corrected chi connectivity index (χ0v) is 11.1. The lowest BCUT2D eigenvalue weighted by Crippen LogP contribution is -2.23. The van der Waals surface area contributed by atoms with Crippen LogP contribution in [0.2, 0.25) is 0 Å². The third-order valence-corrected chi connectivity index (χ3v) is 3.67. The first-order valence-electron chi connectivity index (χ1n) is 6.60. The Morgan fingerprint density at radius 1 is 1.41 bits per heavy atom. The fraction of sp³-hybridized carbons (Fsp3) is 0.600. The summed E-state index contributed by atoms with van der Waals surface area (Å²) in [5.41, 5.74) is 2.39. The highest BCUT2D eigenvalue weighted by molar-refractivity contribution is 5.58. The number of aryl methyl sites for hydroxylation is 1. The SMILES string of the molecule is COc1ccc(C)cc1NC(C)CC1CCC1. The number of benzene rings is 1. The van der Waals surface area contributed by atoms with Crippen molar-refractivity contribution in [3.63, 3.8) is 0 Å². The van der Waals surface area contributed by atoms with Gasteiger partial charge in [-0.1, -0.05) is 25.3 Å². The Balaban J connectivity index is 1.98. The summed E-state index contributed by atoms with van der Waals surface area (Å²) in [4.78, 5) is 0. The molecule has 0 bridgehead atoms. The van der Waals surface area contributed by atoms with Gasteiger partial charge in [0, 0.05) is 6.04 Å². The fourth-order valence-electron chi connectivity index (χ4n) is 2.49. The maximum atomic E-state index is 5.38. The van der Waals surface area contributed by atoms with Crippen LogP contribution in [0.15, 0.2) is 18.2 Å². The Labute approximate surface area is 104 Å². The van der Waals surface area contributed by atoms with E-state index in [2.05, 4.69) is 31.3 Å². The van der Waals surface area contributed by atoms with E-state index in [9.17, 15) is 0 Å². The Bertz CT molecular complexity index is 371. The van der Waals surface area contributed by atoms with Crippen LogP contribution in [0, 0.1) is 12.8 Å². The smallest absolute Gasteiger partial charge is 0.141 e. The van der Waals surface area contributed by atoms with Crippen LogP contribution in [0.25, 0.3) is 0 Å². The van der Waals surface area contributed by atoms with Crippen molar-refractivity contribution < 1.29 is 4.74 Å². The molecule has 94 valence electrons. The molecule has 0 saturated heterocycles. The second-order valence-electron chi connectivity index (χ2n) is 5.28. The van der Waals surface area contributed by atoms with Crippen molar-refractivity contribution in [1.82, 2.24) is 0 Å². The van der Waals surface area contributed by atoms with Crippen LogP contribution in [0.5, 0.6) is 5.75 Å². The van der Waals surface area contributed by atoms with E-state index in [1.54, 1.807) is 7.11 Å². The fourth-order valence-corrected chi connectivity index (χ4v) is 2.49. The maximum absolute atomic E-state index is 5.38. The van der Waals surface area contributed by atoms with Gasteiger partial charge in [0.25, 0.3) is 0 Å². The van der Waals surface area contributed by atoms with E-state index in [1.165, 1.54) is 31.2 Å². The van der Waals surface area contributed by atoms with Crippen molar-refractivity contribution >= 4 is 5.69 Å². The number of anilines is 1. The molecular weight excluding hydrogens is 210 g/mol. The summed E-state index contributed by atoms with van der Waals surface area (Å²) in [5.74, 6) is 1.88. The summed E-state index contributed by atoms with van der Waals surface area (Å²) in [5, 5.41) is 3.58. The summed E-state index contributed by atoms with van der Waals surface area (Å²) in [6, 6.07) is 6.81. The topological polar surface area (TPSA) is 21.3 Å². The number of ether oxygens (including phenoxy) is 1. The molecule has 0 aliphatic heterocycles. The van der Waals surface area contributed by atoms with Crippen LogP contribution >= 0.6 is 0 Å². The standard InChI is InChI=1S/C15H23NO/c1-11-7-8-15(17-3)14(9-11)16-12(2)10-13-5-4-6-13/h7-9,12-13,16H,4-6,10H2,1-3H3. The molecule has 0 spiro atoms. The third-order valence-electron chi connectivity index (χ3n) is 3.67. The predicted molar refractivity (Wildman–Crippen MR) is 72.8 cm³/mol. The Morgan fingerprint density at radius 2 is 2.18 bits per heavy atom. The molecule has 1 N–H and O–H groups in total. The molecule has 0 radical (unpaired) electrons. The van der Waals surface area contributed by atoms with Crippen molar-refractivity contribution in [3.8, 4) is 5.75 Å². The summed E-state index contributed by atoms with van der Waals surface area (Å²) in [6.45, 7) is 4.38. The van der Waals surface area contributed by atoms with E-state index in [4.69, 9.17) is 4.74 Å². The van der Waals surface area contributed by atoms with Gasteiger partial charge in [0.1, 0.15) is 5.75 Å². The Hall–Kier alpha value is -1.18. The second-order valence-corrected chi connectivity index (χ2v) is 5.28. The minimum atomic E-state index is 0.524. The molecule has 1 atom stereocenters. The summed E-state index contributed by atoms with van der Waals surface area (Å²) < 4.78 is 5.38. The number of hydrogen-bond donors (Lipinski definition) is 1. The van der Waals surface area contributed by atoms with Crippen molar-refractivity contribution in [2.45, 2.75) is 45.6 Å². The molecule has 2 heteroatoms. The zero-order chi connectivity index (χ0) is 12.3. The van der Waals surface area contributed by atoms with Gasteiger partial charge in [0.15, 0.2) is 0 Å². The van der Waals surface area contributed by atoms with Crippen molar-refractivity contribution in [1.29, 1.82) is 0 Å². The number of hydrogen-bond acceptors (Lipinski definition) is 2. The molecule has 1 unspecified atom stereocenters. The Morgan fingerprint density at radius 3 is 2.76 bits per heavy atom. The largest absolute Gasteiger partial charge is 0.495 e. The predicted octanol–water partition coefficient (Wildman–Crippen LogP) is 3.99. The van der Waals surface area contributed by atoms with Gasteiger partial charge < -0.3 is 10.1 Å². The molecule has 0 amide bonds. The third kappa shape index (κ3) is 3.15. The number of rotatable bonds is 5. The molecule has 0 aromatic heterocycles. The van der Waals surface area contributed by atoms with E-state index in [-0.39, 0.29) is 0 Å². The molecule has 2 nitrogen and oxygen atoms in total. The van der Waals surface area contributed by atoms with E-state index < -0.39 is 0 Å². The first-order valence-corrected chi connectivity index (χ1v) is 6.60. The lowest BCUT2D eigenvalue weighted by atomic mass is 9.81. The minimum Gasteiger partial charge on any atom is -0.495 e. The highest BCUT2D eigenvalue weighted by Crippen LogP contribution is 2.32. The zero-order valence-electron chi connectivity index (χ0n) is 11.1. The monoisotopic (exact) mass is 233 g/mol. The molecule has 17 heavy (non-hydrogen) atoms. The first-order chi connectivity index (χ1) is 8.19. The lowest BCUT2D eigenvalue weighted by Gasteiger charge is -2.29. The Kier molecular flexibility index (Phi) is 3.93. The van der Waals surface area contributed by atoms with Crippen LogP contribution < -0.4 is 10.1 Å². The molecule has 1 aliphatic rings. The molecule has 1 aromatic rings. The van der Waals surface area contributed by atoms with Gasteiger partial charge in [-0.15, -0.1) is 0 Å². The van der Waals surface area contributed by atoms with Gasteiger partial charge in [-0.2, -0.15) is 0 Å². The molecule has 1 saturated carbocycles. The quantitative estimate of drug-likeness (QED) is 0.830. The average molecular weight is 233 g/mol. The van der Waals surface area contributed by atoms with Gasteiger partial charge >= 0.3 is 0 Å². The highest BCUT2D eigenvalue weighted by atomic mass is 16.5. The lowest BCUT2D eigenvalue weighted by molar-refractivity contribution is 0.285. The average Bonchev–Trinajstić information content (AvgIpc) is 2.24. The molecule has 2 rings (SSSR count). The summed E-state index contributed by atoms with van der Waals surface area (Å²) >= 11 is 0. The van der Waals surface area contributed by atoms with E-state index in [1.807, 2.05) is 6.07 Å². The van der Waals surface area contributed by atoms with Gasteiger partial charge in [-0.3, -0.25) is 0 Å². The second kappa shape index (κ2) is 5.44. The maximum Gasteiger partial charge on any atom is 0.141 e. The van der Waals surface area contributed by atoms with Crippen molar-refractivity contribution in [3.05, 3.63) is 23.8 Å². The minimum absolute atomic E-state index is 0.524. The molecule has 0 heterocycles. The van der Waals surface area contributed by atoms with E-state index in [0.717, 1.165) is 17.4 Å². The first kappa shape index (κ1) is 12.3. The van der Waals surface area contributed by atoms with Gasteiger partial charge in [-0.25, -0.2) is 0 Å².